The quantitative estimate of drug-likeness (QED) is 0.899. The van der Waals surface area contributed by atoms with Crippen molar-refractivity contribution >= 4 is 17.5 Å². The Morgan fingerprint density at radius 1 is 1.08 bits per heavy atom. The number of ether oxygens (including phenoxy) is 1. The first-order chi connectivity index (χ1) is 12.6. The van der Waals surface area contributed by atoms with Crippen LogP contribution in [0.4, 0.5) is 5.69 Å². The molecule has 3 rings (SSSR count). The first-order valence-corrected chi connectivity index (χ1v) is 8.91. The molecular formula is C21H24N2O3. The van der Waals surface area contributed by atoms with Crippen molar-refractivity contribution in [2.75, 3.05) is 25.5 Å². The van der Waals surface area contributed by atoms with Crippen molar-refractivity contribution in [2.45, 2.75) is 18.9 Å². The number of para-hydroxylation sites is 1. The molecule has 2 atom stereocenters. The molecule has 136 valence electrons. The van der Waals surface area contributed by atoms with Gasteiger partial charge in [-0.2, -0.15) is 0 Å². The summed E-state index contributed by atoms with van der Waals surface area (Å²) in [6.45, 7) is 0.674. The maximum atomic E-state index is 12.9. The second kappa shape index (κ2) is 8.63. The van der Waals surface area contributed by atoms with Crippen LogP contribution in [0.15, 0.2) is 60.7 Å². The number of benzene rings is 2. The molecular weight excluding hydrogens is 328 g/mol. The minimum absolute atomic E-state index is 0.0196. The molecule has 1 aliphatic rings. The van der Waals surface area contributed by atoms with Gasteiger partial charge in [-0.3, -0.25) is 9.59 Å². The summed E-state index contributed by atoms with van der Waals surface area (Å²) in [7, 11) is 1.67. The number of hydrogen-bond acceptors (Lipinski definition) is 3. The van der Waals surface area contributed by atoms with E-state index in [1.165, 1.54) is 4.90 Å². The van der Waals surface area contributed by atoms with Crippen molar-refractivity contribution in [1.29, 1.82) is 0 Å². The number of likely N-dealkylation sites (N-methyl/N-ethyl adjacent to an activating group) is 1. The van der Waals surface area contributed by atoms with Crippen molar-refractivity contribution in [3.63, 3.8) is 0 Å². The lowest BCUT2D eigenvalue weighted by Crippen LogP contribution is -2.42. The van der Waals surface area contributed by atoms with Crippen LogP contribution in [0.25, 0.3) is 0 Å². The number of nitrogens with zero attached hydrogens (tertiary/aromatic N) is 1. The van der Waals surface area contributed by atoms with Gasteiger partial charge in [-0.25, -0.2) is 0 Å². The molecule has 0 spiro atoms. The Hall–Kier alpha value is -2.66. The van der Waals surface area contributed by atoms with Gasteiger partial charge in [0.25, 0.3) is 0 Å². The summed E-state index contributed by atoms with van der Waals surface area (Å²) in [5.41, 5.74) is 1.73. The highest BCUT2D eigenvalue weighted by atomic mass is 16.5. The van der Waals surface area contributed by atoms with E-state index in [0.717, 1.165) is 24.1 Å². The molecule has 0 aromatic heterocycles. The minimum Gasteiger partial charge on any atom is -0.373 e. The standard InChI is InChI=1S/C21H24N2O3/c1-23(15-19(24)22-17-11-6-3-7-12-17)21(25)18-13-8-14-26-20(18)16-9-4-2-5-10-16/h2-7,9-12,18,20H,8,13-15H2,1H3,(H,22,24). The van der Waals surface area contributed by atoms with Crippen LogP contribution in [0.5, 0.6) is 0 Å². The Balaban J connectivity index is 1.63. The van der Waals surface area contributed by atoms with Crippen molar-refractivity contribution in [1.82, 2.24) is 4.90 Å². The molecule has 0 bridgehead atoms. The SMILES string of the molecule is CN(CC(=O)Nc1ccccc1)C(=O)C1CCCOC1c1ccccc1. The van der Waals surface area contributed by atoms with Gasteiger partial charge >= 0.3 is 0 Å². The lowest BCUT2D eigenvalue weighted by atomic mass is 9.88. The van der Waals surface area contributed by atoms with Gasteiger partial charge in [0.05, 0.1) is 18.6 Å². The summed E-state index contributed by atoms with van der Waals surface area (Å²) >= 11 is 0. The van der Waals surface area contributed by atoms with Gasteiger partial charge in [-0.15, -0.1) is 0 Å². The number of hydrogen-bond donors (Lipinski definition) is 1. The van der Waals surface area contributed by atoms with Crippen molar-refractivity contribution < 1.29 is 14.3 Å². The van der Waals surface area contributed by atoms with E-state index in [1.54, 1.807) is 7.05 Å². The monoisotopic (exact) mass is 352 g/mol. The van der Waals surface area contributed by atoms with E-state index in [1.807, 2.05) is 60.7 Å². The average Bonchev–Trinajstić information content (AvgIpc) is 2.68. The molecule has 1 fully saturated rings. The summed E-state index contributed by atoms with van der Waals surface area (Å²) in [5, 5.41) is 2.81. The smallest absolute Gasteiger partial charge is 0.243 e. The zero-order valence-corrected chi connectivity index (χ0v) is 14.9. The molecule has 26 heavy (non-hydrogen) atoms. The van der Waals surface area contributed by atoms with Crippen LogP contribution in [0.2, 0.25) is 0 Å². The lowest BCUT2D eigenvalue weighted by Gasteiger charge is -2.33. The van der Waals surface area contributed by atoms with Crippen LogP contribution in [-0.2, 0) is 14.3 Å². The van der Waals surface area contributed by atoms with E-state index in [-0.39, 0.29) is 30.4 Å². The zero-order chi connectivity index (χ0) is 18.4. The molecule has 1 N–H and O–H groups in total. The minimum atomic E-state index is -0.263. The fourth-order valence-electron chi connectivity index (χ4n) is 3.30. The van der Waals surface area contributed by atoms with E-state index < -0.39 is 0 Å². The molecule has 1 saturated heterocycles. The van der Waals surface area contributed by atoms with Crippen LogP contribution in [0.1, 0.15) is 24.5 Å². The number of carbonyl (C=O) groups excluding carboxylic acids is 2. The second-order valence-corrected chi connectivity index (χ2v) is 6.56. The van der Waals surface area contributed by atoms with Gasteiger partial charge < -0.3 is 15.0 Å². The molecule has 0 saturated carbocycles. The molecule has 2 aromatic carbocycles. The number of nitrogens with one attached hydrogen (secondary N) is 1. The van der Waals surface area contributed by atoms with Crippen LogP contribution in [-0.4, -0.2) is 36.9 Å². The normalized spacial score (nSPS) is 19.6. The van der Waals surface area contributed by atoms with Crippen LogP contribution in [0, 0.1) is 5.92 Å². The van der Waals surface area contributed by atoms with Crippen molar-refractivity contribution in [3.8, 4) is 0 Å². The van der Waals surface area contributed by atoms with Crippen LogP contribution in [0.3, 0.4) is 0 Å². The van der Waals surface area contributed by atoms with Gasteiger partial charge in [0, 0.05) is 19.3 Å². The molecule has 2 aromatic rings. The van der Waals surface area contributed by atoms with Gasteiger partial charge in [-0.05, 0) is 30.5 Å². The lowest BCUT2D eigenvalue weighted by molar-refractivity contribution is -0.145. The summed E-state index contributed by atoms with van der Waals surface area (Å²) in [5.74, 6) is -0.525. The molecule has 5 nitrogen and oxygen atoms in total. The fraction of sp³-hybridized carbons (Fsp3) is 0.333. The van der Waals surface area contributed by atoms with Gasteiger partial charge in [0.15, 0.2) is 0 Å². The third-order valence-electron chi connectivity index (χ3n) is 4.58. The molecule has 2 amide bonds. The largest absolute Gasteiger partial charge is 0.373 e. The van der Waals surface area contributed by atoms with E-state index >= 15 is 0 Å². The summed E-state index contributed by atoms with van der Waals surface area (Å²) in [4.78, 5) is 26.7. The Labute approximate surface area is 154 Å². The Morgan fingerprint density at radius 3 is 2.42 bits per heavy atom. The predicted molar refractivity (Wildman–Crippen MR) is 101 cm³/mol. The first kappa shape index (κ1) is 18.1. The Kier molecular flexibility index (Phi) is 6.02. The highest BCUT2D eigenvalue weighted by Crippen LogP contribution is 2.34. The summed E-state index contributed by atoms with van der Waals surface area (Å²) in [6, 6.07) is 19.1. The number of rotatable bonds is 5. The third-order valence-corrected chi connectivity index (χ3v) is 4.58. The fourth-order valence-corrected chi connectivity index (χ4v) is 3.30. The maximum absolute atomic E-state index is 12.9. The molecule has 1 aliphatic heterocycles. The second-order valence-electron chi connectivity index (χ2n) is 6.56. The summed E-state index contributed by atoms with van der Waals surface area (Å²) < 4.78 is 5.90. The van der Waals surface area contributed by atoms with Gasteiger partial charge in [0.1, 0.15) is 0 Å². The topological polar surface area (TPSA) is 58.6 Å². The van der Waals surface area contributed by atoms with Crippen molar-refractivity contribution in [2.24, 2.45) is 5.92 Å². The van der Waals surface area contributed by atoms with E-state index in [0.29, 0.717) is 6.61 Å². The molecule has 0 aliphatic carbocycles. The van der Waals surface area contributed by atoms with Gasteiger partial charge in [-0.1, -0.05) is 48.5 Å². The Morgan fingerprint density at radius 2 is 1.73 bits per heavy atom. The predicted octanol–water partition coefficient (Wildman–Crippen LogP) is 3.25. The van der Waals surface area contributed by atoms with Crippen LogP contribution < -0.4 is 5.32 Å². The first-order valence-electron chi connectivity index (χ1n) is 8.91. The molecule has 5 heteroatoms. The van der Waals surface area contributed by atoms with Crippen molar-refractivity contribution in [3.05, 3.63) is 66.2 Å². The Bertz CT molecular complexity index is 733. The number of amides is 2. The maximum Gasteiger partial charge on any atom is 0.243 e. The van der Waals surface area contributed by atoms with Gasteiger partial charge in [0.2, 0.25) is 11.8 Å². The molecule has 2 unspecified atom stereocenters. The highest BCUT2D eigenvalue weighted by Gasteiger charge is 2.35. The number of carbonyl (C=O) groups is 2. The highest BCUT2D eigenvalue weighted by molar-refractivity contribution is 5.94. The average molecular weight is 352 g/mol. The summed E-state index contributed by atoms with van der Waals surface area (Å²) in [6.07, 6.45) is 1.37. The third kappa shape index (κ3) is 4.49. The van der Waals surface area contributed by atoms with E-state index in [4.69, 9.17) is 4.74 Å². The molecule has 0 radical (unpaired) electrons. The molecule has 1 heterocycles. The van der Waals surface area contributed by atoms with Crippen LogP contribution >= 0.6 is 0 Å². The van der Waals surface area contributed by atoms with E-state index in [2.05, 4.69) is 5.32 Å². The zero-order valence-electron chi connectivity index (χ0n) is 14.9. The van der Waals surface area contributed by atoms with E-state index in [9.17, 15) is 9.59 Å². The number of anilines is 1.